The number of nitrogens with one attached hydrogen (secondary N) is 1. The van der Waals surface area contributed by atoms with Crippen molar-refractivity contribution in [2.75, 3.05) is 13.1 Å². The van der Waals surface area contributed by atoms with E-state index < -0.39 is 0 Å². The van der Waals surface area contributed by atoms with Crippen LogP contribution in [0.25, 0.3) is 0 Å². The van der Waals surface area contributed by atoms with Crippen LogP contribution in [0.2, 0.25) is 0 Å². The summed E-state index contributed by atoms with van der Waals surface area (Å²) in [6.07, 6.45) is 5.55. The second-order valence-corrected chi connectivity index (χ2v) is 6.33. The highest BCUT2D eigenvalue weighted by atomic mass is 15.3. The predicted octanol–water partition coefficient (Wildman–Crippen LogP) is 2.64. The maximum absolute atomic E-state index is 3.70. The van der Waals surface area contributed by atoms with Crippen molar-refractivity contribution in [3.05, 3.63) is 0 Å². The molecule has 2 aliphatic heterocycles. The van der Waals surface area contributed by atoms with Crippen molar-refractivity contribution in [1.29, 1.82) is 0 Å². The number of hydrogen-bond acceptors (Lipinski definition) is 2. The smallest absolute Gasteiger partial charge is 0.0338 e. The standard InChI is InChI=1S/C14H28N2/c1-11(2)13(4)16-9-5-7-14(16)8-6-12(3)15-10-14/h11-13,15H,5-10H2,1-4H3. The lowest BCUT2D eigenvalue weighted by atomic mass is 9.83. The van der Waals surface area contributed by atoms with Crippen LogP contribution in [0.3, 0.4) is 0 Å². The molecule has 0 aromatic heterocycles. The molecule has 2 aliphatic rings. The zero-order valence-corrected chi connectivity index (χ0v) is 11.4. The molecule has 1 spiro atoms. The summed E-state index contributed by atoms with van der Waals surface area (Å²) in [6.45, 7) is 12.0. The van der Waals surface area contributed by atoms with Gasteiger partial charge in [0.25, 0.3) is 0 Å². The van der Waals surface area contributed by atoms with Gasteiger partial charge in [0.2, 0.25) is 0 Å². The molecule has 94 valence electrons. The third-order valence-corrected chi connectivity index (χ3v) is 4.93. The molecular weight excluding hydrogens is 196 g/mol. The zero-order chi connectivity index (χ0) is 11.8. The molecule has 2 fully saturated rings. The molecule has 0 radical (unpaired) electrons. The highest BCUT2D eigenvalue weighted by Gasteiger charge is 2.44. The molecule has 0 aliphatic carbocycles. The Hall–Kier alpha value is -0.0800. The number of likely N-dealkylation sites (tertiary alicyclic amines) is 1. The summed E-state index contributed by atoms with van der Waals surface area (Å²) in [6, 6.07) is 1.46. The third-order valence-electron chi connectivity index (χ3n) is 4.93. The van der Waals surface area contributed by atoms with Crippen molar-refractivity contribution in [3.63, 3.8) is 0 Å². The van der Waals surface area contributed by atoms with E-state index in [2.05, 4.69) is 37.9 Å². The molecule has 2 heterocycles. The maximum Gasteiger partial charge on any atom is 0.0338 e. The summed E-state index contributed by atoms with van der Waals surface area (Å²) in [5, 5.41) is 3.70. The summed E-state index contributed by atoms with van der Waals surface area (Å²) >= 11 is 0. The van der Waals surface area contributed by atoms with Crippen LogP contribution in [0.5, 0.6) is 0 Å². The first kappa shape index (κ1) is 12.4. The van der Waals surface area contributed by atoms with E-state index in [9.17, 15) is 0 Å². The molecule has 0 saturated carbocycles. The Labute approximate surface area is 101 Å². The number of rotatable bonds is 2. The van der Waals surface area contributed by atoms with Crippen LogP contribution < -0.4 is 5.32 Å². The van der Waals surface area contributed by atoms with Gasteiger partial charge in [-0.15, -0.1) is 0 Å². The summed E-state index contributed by atoms with van der Waals surface area (Å²) in [5.74, 6) is 0.773. The van der Waals surface area contributed by atoms with E-state index in [-0.39, 0.29) is 0 Å². The van der Waals surface area contributed by atoms with Crippen molar-refractivity contribution in [3.8, 4) is 0 Å². The molecule has 16 heavy (non-hydrogen) atoms. The van der Waals surface area contributed by atoms with Crippen molar-refractivity contribution < 1.29 is 0 Å². The van der Waals surface area contributed by atoms with E-state index in [0.717, 1.165) is 18.0 Å². The summed E-state index contributed by atoms with van der Waals surface area (Å²) in [5.41, 5.74) is 0.496. The van der Waals surface area contributed by atoms with E-state index in [0.29, 0.717) is 5.54 Å². The Kier molecular flexibility index (Phi) is 3.60. The molecule has 2 rings (SSSR count). The minimum Gasteiger partial charge on any atom is -0.312 e. The van der Waals surface area contributed by atoms with Crippen molar-refractivity contribution in [2.45, 2.75) is 71.0 Å². The molecule has 2 heteroatoms. The van der Waals surface area contributed by atoms with Crippen molar-refractivity contribution in [1.82, 2.24) is 10.2 Å². The van der Waals surface area contributed by atoms with Gasteiger partial charge in [0.1, 0.15) is 0 Å². The SMILES string of the molecule is CC1CCC2(CCCN2C(C)C(C)C)CN1. The summed E-state index contributed by atoms with van der Waals surface area (Å²) in [7, 11) is 0. The van der Waals surface area contributed by atoms with Gasteiger partial charge in [0.05, 0.1) is 0 Å². The van der Waals surface area contributed by atoms with Gasteiger partial charge in [0, 0.05) is 24.2 Å². The van der Waals surface area contributed by atoms with E-state index in [1.165, 1.54) is 38.8 Å². The van der Waals surface area contributed by atoms with Crippen molar-refractivity contribution in [2.24, 2.45) is 5.92 Å². The first-order valence-corrected chi connectivity index (χ1v) is 7.05. The Morgan fingerprint density at radius 1 is 1.25 bits per heavy atom. The van der Waals surface area contributed by atoms with Gasteiger partial charge >= 0.3 is 0 Å². The number of piperidine rings is 1. The number of hydrogen-bond donors (Lipinski definition) is 1. The molecule has 2 nitrogen and oxygen atoms in total. The van der Waals surface area contributed by atoms with Gasteiger partial charge in [0.15, 0.2) is 0 Å². The van der Waals surface area contributed by atoms with Crippen LogP contribution in [0.15, 0.2) is 0 Å². The third kappa shape index (κ3) is 2.14. The molecule has 0 aromatic carbocycles. The molecule has 2 saturated heterocycles. The second kappa shape index (κ2) is 4.66. The summed E-state index contributed by atoms with van der Waals surface area (Å²) in [4.78, 5) is 2.80. The van der Waals surface area contributed by atoms with E-state index in [4.69, 9.17) is 0 Å². The van der Waals surface area contributed by atoms with E-state index >= 15 is 0 Å². The highest BCUT2D eigenvalue weighted by molar-refractivity contribution is 5.02. The van der Waals surface area contributed by atoms with Gasteiger partial charge in [-0.3, -0.25) is 4.90 Å². The molecule has 3 atom stereocenters. The molecule has 1 N–H and O–H groups in total. The molecule has 0 aromatic rings. The fourth-order valence-corrected chi connectivity index (χ4v) is 3.45. The Morgan fingerprint density at radius 3 is 2.56 bits per heavy atom. The summed E-state index contributed by atoms with van der Waals surface area (Å²) < 4.78 is 0. The fraction of sp³-hybridized carbons (Fsp3) is 1.00. The number of nitrogens with zero attached hydrogens (tertiary/aromatic N) is 1. The lowest BCUT2D eigenvalue weighted by Crippen LogP contribution is -2.59. The van der Waals surface area contributed by atoms with Crippen molar-refractivity contribution >= 4 is 0 Å². The Morgan fingerprint density at radius 2 is 2.00 bits per heavy atom. The van der Waals surface area contributed by atoms with E-state index in [1.54, 1.807) is 0 Å². The second-order valence-electron chi connectivity index (χ2n) is 6.33. The van der Waals surface area contributed by atoms with Gasteiger partial charge in [-0.05, 0) is 52.0 Å². The first-order valence-electron chi connectivity index (χ1n) is 7.05. The highest BCUT2D eigenvalue weighted by Crippen LogP contribution is 2.38. The predicted molar refractivity (Wildman–Crippen MR) is 69.7 cm³/mol. The molecular formula is C14H28N2. The van der Waals surface area contributed by atoms with Gasteiger partial charge in [-0.1, -0.05) is 13.8 Å². The van der Waals surface area contributed by atoms with Gasteiger partial charge in [-0.25, -0.2) is 0 Å². The monoisotopic (exact) mass is 224 g/mol. The van der Waals surface area contributed by atoms with Crippen LogP contribution in [-0.4, -0.2) is 35.6 Å². The largest absolute Gasteiger partial charge is 0.312 e. The van der Waals surface area contributed by atoms with E-state index in [1.807, 2.05) is 0 Å². The van der Waals surface area contributed by atoms with Crippen LogP contribution in [-0.2, 0) is 0 Å². The van der Waals surface area contributed by atoms with Crippen LogP contribution in [0.1, 0.15) is 53.4 Å². The Bertz CT molecular complexity index is 229. The topological polar surface area (TPSA) is 15.3 Å². The lowest BCUT2D eigenvalue weighted by molar-refractivity contribution is 0.0427. The Balaban J connectivity index is 2.07. The molecule has 0 amide bonds. The minimum absolute atomic E-state index is 0.496. The first-order chi connectivity index (χ1) is 7.55. The van der Waals surface area contributed by atoms with Crippen LogP contribution >= 0.6 is 0 Å². The average Bonchev–Trinajstić information content (AvgIpc) is 2.65. The molecule has 3 unspecified atom stereocenters. The average molecular weight is 224 g/mol. The quantitative estimate of drug-likeness (QED) is 0.776. The van der Waals surface area contributed by atoms with Gasteiger partial charge < -0.3 is 5.32 Å². The lowest BCUT2D eigenvalue weighted by Gasteiger charge is -2.47. The minimum atomic E-state index is 0.496. The fourth-order valence-electron chi connectivity index (χ4n) is 3.45. The molecule has 0 bridgehead atoms. The van der Waals surface area contributed by atoms with Gasteiger partial charge in [-0.2, -0.15) is 0 Å². The maximum atomic E-state index is 3.70. The van der Waals surface area contributed by atoms with Crippen LogP contribution in [0.4, 0.5) is 0 Å². The van der Waals surface area contributed by atoms with Crippen LogP contribution in [0, 0.1) is 5.92 Å². The zero-order valence-electron chi connectivity index (χ0n) is 11.4. The normalized spacial score (nSPS) is 38.4.